The van der Waals surface area contributed by atoms with Gasteiger partial charge in [-0.05, 0) is 43.5 Å². The minimum Gasteiger partial charge on any atom is -0.367 e. The number of halogens is 1. The summed E-state index contributed by atoms with van der Waals surface area (Å²) >= 11 is 0. The van der Waals surface area contributed by atoms with Crippen LogP contribution in [-0.2, 0) is 0 Å². The van der Waals surface area contributed by atoms with Crippen LogP contribution in [0.25, 0.3) is 10.9 Å². The molecule has 0 spiro atoms. The third-order valence-corrected chi connectivity index (χ3v) is 5.56. The molecule has 2 fully saturated rings. The van der Waals surface area contributed by atoms with E-state index in [1.54, 1.807) is 24.4 Å². The van der Waals surface area contributed by atoms with Gasteiger partial charge in [-0.3, -0.25) is 9.88 Å². The predicted octanol–water partition coefficient (Wildman–Crippen LogP) is 3.07. The molecule has 4 rings (SSSR count). The zero-order valence-corrected chi connectivity index (χ0v) is 14.2. The Morgan fingerprint density at radius 2 is 2.00 bits per heavy atom. The van der Waals surface area contributed by atoms with Crippen molar-refractivity contribution in [2.45, 2.75) is 38.3 Å². The lowest BCUT2D eigenvalue weighted by atomic mass is 9.91. The van der Waals surface area contributed by atoms with Crippen molar-refractivity contribution in [3.8, 4) is 0 Å². The molecule has 1 unspecified atom stereocenters. The fraction of sp³-hybridized carbons (Fsp3) is 0.526. The number of nitrogens with zero attached hydrogens (tertiary/aromatic N) is 3. The summed E-state index contributed by atoms with van der Waals surface area (Å²) in [6.07, 6.45) is 5.78. The summed E-state index contributed by atoms with van der Waals surface area (Å²) in [6, 6.07) is 5.75. The minimum absolute atomic E-state index is 0.217. The quantitative estimate of drug-likeness (QED) is 0.940. The van der Waals surface area contributed by atoms with Crippen LogP contribution in [0.15, 0.2) is 24.4 Å². The second-order valence-electron chi connectivity index (χ2n) is 7.09. The van der Waals surface area contributed by atoms with Crippen molar-refractivity contribution >= 4 is 16.6 Å². The number of hydrogen-bond donors (Lipinski definition) is 1. The van der Waals surface area contributed by atoms with Crippen LogP contribution in [-0.4, -0.2) is 42.1 Å². The number of rotatable bonds is 3. The zero-order chi connectivity index (χ0) is 16.7. The smallest absolute Gasteiger partial charge is 0.133 e. The van der Waals surface area contributed by atoms with Gasteiger partial charge in [0.2, 0.25) is 0 Å². The van der Waals surface area contributed by atoms with E-state index in [0.717, 1.165) is 49.0 Å². The first kappa shape index (κ1) is 15.8. The Balaban J connectivity index is 1.70. The Bertz CT molecular complexity index is 733. The lowest BCUT2D eigenvalue weighted by Crippen LogP contribution is -2.52. The number of pyridine rings is 1. The van der Waals surface area contributed by atoms with Gasteiger partial charge in [-0.1, -0.05) is 6.42 Å². The van der Waals surface area contributed by atoms with Crippen molar-refractivity contribution in [1.82, 2.24) is 9.88 Å². The summed E-state index contributed by atoms with van der Waals surface area (Å²) in [6.45, 7) is 5.95. The second kappa shape index (κ2) is 6.30. The highest BCUT2D eigenvalue weighted by Gasteiger charge is 2.30. The Morgan fingerprint density at radius 3 is 2.62 bits per heavy atom. The van der Waals surface area contributed by atoms with Crippen molar-refractivity contribution in [3.05, 3.63) is 35.8 Å². The number of fused-ring (bicyclic) bond motifs is 1. The summed E-state index contributed by atoms with van der Waals surface area (Å²) in [5.41, 5.74) is 8.77. The van der Waals surface area contributed by atoms with E-state index in [9.17, 15) is 4.39 Å². The van der Waals surface area contributed by atoms with E-state index >= 15 is 0 Å². The molecule has 1 aromatic carbocycles. The van der Waals surface area contributed by atoms with Crippen LogP contribution in [0, 0.1) is 5.82 Å². The van der Waals surface area contributed by atoms with E-state index in [1.807, 2.05) is 6.92 Å². The van der Waals surface area contributed by atoms with Gasteiger partial charge in [0.05, 0.1) is 11.2 Å². The van der Waals surface area contributed by atoms with Crippen molar-refractivity contribution in [2.24, 2.45) is 5.73 Å². The summed E-state index contributed by atoms with van der Waals surface area (Å²) in [7, 11) is 0. The molecule has 0 amide bonds. The van der Waals surface area contributed by atoms with Crippen molar-refractivity contribution in [2.75, 3.05) is 31.1 Å². The summed E-state index contributed by atoms with van der Waals surface area (Å²) in [5, 5.41) is 0.582. The van der Waals surface area contributed by atoms with Crippen LogP contribution < -0.4 is 10.6 Å². The first-order valence-corrected chi connectivity index (χ1v) is 8.97. The molecule has 2 aliphatic rings. The molecule has 1 saturated carbocycles. The SMILES string of the molecule is CC(N)c1cc(F)c2cccnc2c1N1CCN(C2CCC2)CC1. The summed E-state index contributed by atoms with van der Waals surface area (Å²) in [5.74, 6) is -0.234. The highest BCUT2D eigenvalue weighted by atomic mass is 19.1. The first-order valence-electron chi connectivity index (χ1n) is 8.97. The molecule has 2 heterocycles. The molecular formula is C19H25FN4. The molecule has 0 radical (unpaired) electrons. The monoisotopic (exact) mass is 328 g/mol. The van der Waals surface area contributed by atoms with E-state index in [2.05, 4.69) is 14.8 Å². The molecule has 1 aliphatic carbocycles. The molecule has 4 nitrogen and oxygen atoms in total. The number of benzene rings is 1. The van der Waals surface area contributed by atoms with Gasteiger partial charge >= 0.3 is 0 Å². The second-order valence-corrected chi connectivity index (χ2v) is 7.09. The molecule has 2 aromatic rings. The number of anilines is 1. The Labute approximate surface area is 142 Å². The van der Waals surface area contributed by atoms with Gasteiger partial charge in [0.15, 0.2) is 0 Å². The van der Waals surface area contributed by atoms with Crippen LogP contribution >= 0.6 is 0 Å². The average Bonchev–Trinajstić information content (AvgIpc) is 2.54. The Kier molecular flexibility index (Phi) is 4.14. The third-order valence-electron chi connectivity index (χ3n) is 5.56. The van der Waals surface area contributed by atoms with E-state index < -0.39 is 0 Å². The highest BCUT2D eigenvalue weighted by Crippen LogP contribution is 2.35. The van der Waals surface area contributed by atoms with E-state index in [-0.39, 0.29) is 11.9 Å². The van der Waals surface area contributed by atoms with Crippen molar-refractivity contribution in [1.29, 1.82) is 0 Å². The third kappa shape index (κ3) is 2.66. The predicted molar refractivity (Wildman–Crippen MR) is 95.7 cm³/mol. The molecule has 5 heteroatoms. The Hall–Kier alpha value is -1.72. The lowest BCUT2D eigenvalue weighted by Gasteiger charge is -2.44. The topological polar surface area (TPSA) is 45.4 Å². The average molecular weight is 328 g/mol. The maximum absolute atomic E-state index is 14.5. The number of aromatic nitrogens is 1. The maximum Gasteiger partial charge on any atom is 0.133 e. The van der Waals surface area contributed by atoms with E-state index in [0.29, 0.717) is 5.39 Å². The molecule has 1 aliphatic heterocycles. The fourth-order valence-corrected chi connectivity index (χ4v) is 3.95. The van der Waals surface area contributed by atoms with Gasteiger partial charge in [-0.2, -0.15) is 0 Å². The summed E-state index contributed by atoms with van der Waals surface area (Å²) < 4.78 is 14.5. The van der Waals surface area contributed by atoms with Crippen LogP contribution in [0.1, 0.15) is 37.8 Å². The molecule has 2 N–H and O–H groups in total. The molecule has 128 valence electrons. The van der Waals surface area contributed by atoms with Crippen LogP contribution in [0.4, 0.5) is 10.1 Å². The molecule has 0 bridgehead atoms. The van der Waals surface area contributed by atoms with Crippen LogP contribution in [0.3, 0.4) is 0 Å². The highest BCUT2D eigenvalue weighted by molar-refractivity contribution is 5.93. The van der Waals surface area contributed by atoms with Crippen LogP contribution in [0.2, 0.25) is 0 Å². The van der Waals surface area contributed by atoms with E-state index in [1.165, 1.54) is 19.3 Å². The lowest BCUT2D eigenvalue weighted by molar-refractivity contribution is 0.120. The van der Waals surface area contributed by atoms with Crippen molar-refractivity contribution in [3.63, 3.8) is 0 Å². The van der Waals surface area contributed by atoms with Gasteiger partial charge in [0.1, 0.15) is 5.82 Å². The largest absolute Gasteiger partial charge is 0.367 e. The number of nitrogens with two attached hydrogens (primary N) is 1. The van der Waals surface area contributed by atoms with Gasteiger partial charge in [-0.15, -0.1) is 0 Å². The van der Waals surface area contributed by atoms with Gasteiger partial charge < -0.3 is 10.6 Å². The zero-order valence-electron chi connectivity index (χ0n) is 14.2. The fourth-order valence-electron chi connectivity index (χ4n) is 3.95. The van der Waals surface area contributed by atoms with Gasteiger partial charge in [0, 0.05) is 49.8 Å². The Morgan fingerprint density at radius 1 is 1.25 bits per heavy atom. The molecule has 24 heavy (non-hydrogen) atoms. The number of hydrogen-bond acceptors (Lipinski definition) is 4. The summed E-state index contributed by atoms with van der Waals surface area (Å²) in [4.78, 5) is 9.44. The van der Waals surface area contributed by atoms with E-state index in [4.69, 9.17) is 5.73 Å². The first-order chi connectivity index (χ1) is 11.6. The molecule has 1 saturated heterocycles. The van der Waals surface area contributed by atoms with Gasteiger partial charge in [0.25, 0.3) is 0 Å². The molecule has 1 aromatic heterocycles. The molecule has 1 atom stereocenters. The molecular weight excluding hydrogens is 303 g/mol. The van der Waals surface area contributed by atoms with Crippen LogP contribution in [0.5, 0.6) is 0 Å². The minimum atomic E-state index is -0.234. The van der Waals surface area contributed by atoms with Gasteiger partial charge in [-0.25, -0.2) is 4.39 Å². The number of piperazine rings is 1. The maximum atomic E-state index is 14.5. The van der Waals surface area contributed by atoms with Crippen molar-refractivity contribution < 1.29 is 4.39 Å². The standard InChI is InChI=1S/C19H25FN4/c1-13(21)16-12-17(20)15-6-3-7-22-18(15)19(16)24-10-8-23(9-11-24)14-4-2-5-14/h3,6-7,12-14H,2,4-5,8-11,21H2,1H3. The normalized spacial score (nSPS) is 21.0.